The van der Waals surface area contributed by atoms with E-state index < -0.39 is 26.5 Å². The molecule has 1 amide bonds. The predicted octanol–water partition coefficient (Wildman–Crippen LogP) is 2.58. The normalized spacial score (nSPS) is 13.3. The Balaban J connectivity index is 2.86. The molecule has 1 aromatic carbocycles. The van der Waals surface area contributed by atoms with E-state index in [4.69, 9.17) is 5.11 Å². The number of aliphatic carboxylic acids is 1. The van der Waals surface area contributed by atoms with Gasteiger partial charge in [-0.25, -0.2) is 8.42 Å². The van der Waals surface area contributed by atoms with E-state index in [2.05, 4.69) is 5.32 Å². The van der Waals surface area contributed by atoms with Crippen LogP contribution < -0.4 is 5.32 Å². The number of carbonyl (C=O) groups excluding carboxylic acids is 1. The topological polar surface area (TPSA) is 101 Å². The fourth-order valence-electron chi connectivity index (χ4n) is 1.95. The fraction of sp³-hybridized carbons (Fsp3) is 0.529. The third kappa shape index (κ3) is 6.04. The van der Waals surface area contributed by atoms with Crippen molar-refractivity contribution in [2.75, 3.05) is 12.3 Å². The quantitative estimate of drug-likeness (QED) is 0.632. The fourth-order valence-corrected chi connectivity index (χ4v) is 4.81. The largest absolute Gasteiger partial charge is 0.481 e. The number of hydrogen-bond donors (Lipinski definition) is 2. The van der Waals surface area contributed by atoms with Gasteiger partial charge >= 0.3 is 5.97 Å². The average Bonchev–Trinajstić information content (AvgIpc) is 2.52. The zero-order valence-corrected chi connectivity index (χ0v) is 16.5. The van der Waals surface area contributed by atoms with Gasteiger partial charge in [0.05, 0.1) is 21.3 Å². The van der Waals surface area contributed by atoms with Gasteiger partial charge in [0, 0.05) is 11.4 Å². The highest BCUT2D eigenvalue weighted by molar-refractivity contribution is 8.01. The molecule has 1 aromatic rings. The van der Waals surface area contributed by atoms with Crippen LogP contribution in [0.1, 0.15) is 34.1 Å². The summed E-state index contributed by atoms with van der Waals surface area (Å²) in [7, 11) is -3.39. The number of carboxylic acid groups (broad SMARTS) is 1. The van der Waals surface area contributed by atoms with Gasteiger partial charge in [0.25, 0.3) is 0 Å². The highest BCUT2D eigenvalue weighted by atomic mass is 32.2. The molecule has 140 valence electrons. The maximum absolute atomic E-state index is 12.4. The van der Waals surface area contributed by atoms with Gasteiger partial charge in [-0.1, -0.05) is 19.1 Å². The van der Waals surface area contributed by atoms with E-state index in [0.29, 0.717) is 11.3 Å². The van der Waals surface area contributed by atoms with Crippen molar-refractivity contribution in [3.8, 4) is 0 Å². The Morgan fingerprint density at radius 1 is 1.28 bits per heavy atom. The molecule has 0 radical (unpaired) electrons. The van der Waals surface area contributed by atoms with Crippen LogP contribution in [0, 0.1) is 5.41 Å². The minimum atomic E-state index is -3.39. The lowest BCUT2D eigenvalue weighted by Gasteiger charge is -2.21. The molecule has 1 atom stereocenters. The third-order valence-electron chi connectivity index (χ3n) is 3.61. The number of amides is 1. The van der Waals surface area contributed by atoms with E-state index in [1.54, 1.807) is 38.1 Å². The summed E-state index contributed by atoms with van der Waals surface area (Å²) in [4.78, 5) is 24.1. The van der Waals surface area contributed by atoms with Crippen LogP contribution in [-0.4, -0.2) is 42.9 Å². The van der Waals surface area contributed by atoms with Gasteiger partial charge in [-0.15, -0.1) is 11.8 Å². The van der Waals surface area contributed by atoms with Crippen LogP contribution in [0.2, 0.25) is 0 Å². The summed E-state index contributed by atoms with van der Waals surface area (Å²) in [5, 5.41) is 11.1. The van der Waals surface area contributed by atoms with Crippen LogP contribution >= 0.6 is 11.8 Å². The number of benzene rings is 1. The first-order chi connectivity index (χ1) is 11.5. The molecule has 0 spiro atoms. The molecule has 0 aliphatic heterocycles. The van der Waals surface area contributed by atoms with Gasteiger partial charge in [-0.3, -0.25) is 9.59 Å². The molecule has 0 heterocycles. The van der Waals surface area contributed by atoms with Gasteiger partial charge < -0.3 is 10.4 Å². The highest BCUT2D eigenvalue weighted by Crippen LogP contribution is 2.30. The first-order valence-electron chi connectivity index (χ1n) is 8.01. The van der Waals surface area contributed by atoms with Crippen molar-refractivity contribution < 1.29 is 23.1 Å². The maximum Gasteiger partial charge on any atom is 0.310 e. The average molecular weight is 388 g/mol. The van der Waals surface area contributed by atoms with Crippen molar-refractivity contribution in [3.63, 3.8) is 0 Å². The Morgan fingerprint density at radius 2 is 1.88 bits per heavy atom. The number of sulfone groups is 1. The summed E-state index contributed by atoms with van der Waals surface area (Å²) in [6, 6.07) is 6.61. The molecule has 25 heavy (non-hydrogen) atoms. The molecular formula is C17H25NO5S2. The highest BCUT2D eigenvalue weighted by Gasteiger charge is 2.29. The van der Waals surface area contributed by atoms with E-state index in [1.165, 1.54) is 13.8 Å². The number of hydrogen-bond acceptors (Lipinski definition) is 5. The number of carboxylic acids is 1. The Bertz CT molecular complexity index is 728. The first kappa shape index (κ1) is 21.5. The second kappa shape index (κ2) is 8.71. The van der Waals surface area contributed by atoms with Crippen LogP contribution in [0.25, 0.3) is 0 Å². The summed E-state index contributed by atoms with van der Waals surface area (Å²) in [5.41, 5.74) is -1.07. The molecule has 0 saturated carbocycles. The van der Waals surface area contributed by atoms with Gasteiger partial charge in [0.15, 0.2) is 9.84 Å². The molecule has 1 unspecified atom stereocenters. The molecule has 0 aliphatic rings. The molecule has 0 aromatic heterocycles. The number of carbonyl (C=O) groups is 2. The monoisotopic (exact) mass is 387 g/mol. The maximum atomic E-state index is 12.4. The SMILES string of the molecule is CCCS(=O)(=O)c1ccccc1SC(C)C(=O)NCC(C)(C)C(=O)O. The zero-order valence-electron chi connectivity index (χ0n) is 14.9. The summed E-state index contributed by atoms with van der Waals surface area (Å²) < 4.78 is 24.7. The molecule has 0 saturated heterocycles. The first-order valence-corrected chi connectivity index (χ1v) is 10.5. The minimum Gasteiger partial charge on any atom is -0.481 e. The van der Waals surface area contributed by atoms with Crippen molar-refractivity contribution in [1.82, 2.24) is 5.32 Å². The molecule has 0 aliphatic carbocycles. The lowest BCUT2D eigenvalue weighted by Crippen LogP contribution is -2.41. The summed E-state index contributed by atoms with van der Waals surface area (Å²) >= 11 is 1.15. The van der Waals surface area contributed by atoms with Crippen molar-refractivity contribution in [2.24, 2.45) is 5.41 Å². The predicted molar refractivity (Wildman–Crippen MR) is 98.5 cm³/mol. The van der Waals surface area contributed by atoms with E-state index in [0.717, 1.165) is 11.8 Å². The standard InChI is InChI=1S/C17H25NO5S2/c1-5-10-25(22,23)14-9-7-6-8-13(14)24-12(2)15(19)18-11-17(3,4)16(20)21/h6-9,12H,5,10-11H2,1-4H3,(H,18,19)(H,20,21). The summed E-state index contributed by atoms with van der Waals surface area (Å²) in [6.07, 6.45) is 0.516. The van der Waals surface area contributed by atoms with Gasteiger partial charge in [-0.05, 0) is 39.3 Å². The second-order valence-electron chi connectivity index (χ2n) is 6.43. The van der Waals surface area contributed by atoms with Crippen molar-refractivity contribution in [2.45, 2.75) is 49.2 Å². The molecular weight excluding hydrogens is 362 g/mol. The van der Waals surface area contributed by atoms with Crippen LogP contribution in [0.4, 0.5) is 0 Å². The second-order valence-corrected chi connectivity index (χ2v) is 9.89. The summed E-state index contributed by atoms with van der Waals surface area (Å²) in [5.74, 6) is -1.27. The van der Waals surface area contributed by atoms with E-state index in [1.807, 2.05) is 0 Å². The molecule has 8 heteroatoms. The lowest BCUT2D eigenvalue weighted by molar-refractivity contribution is -0.146. The number of thioether (sulfide) groups is 1. The minimum absolute atomic E-state index is 0.00183. The Hall–Kier alpha value is -1.54. The van der Waals surface area contributed by atoms with Gasteiger partial charge in [-0.2, -0.15) is 0 Å². The van der Waals surface area contributed by atoms with Gasteiger partial charge in [0.1, 0.15) is 0 Å². The van der Waals surface area contributed by atoms with Crippen LogP contribution in [0.3, 0.4) is 0 Å². The molecule has 0 bridgehead atoms. The smallest absolute Gasteiger partial charge is 0.310 e. The molecule has 0 fully saturated rings. The van der Waals surface area contributed by atoms with Crippen molar-refractivity contribution in [3.05, 3.63) is 24.3 Å². The summed E-state index contributed by atoms with van der Waals surface area (Å²) in [6.45, 7) is 6.52. The van der Waals surface area contributed by atoms with Crippen molar-refractivity contribution >= 4 is 33.5 Å². The van der Waals surface area contributed by atoms with Gasteiger partial charge in [0.2, 0.25) is 5.91 Å². The Labute approximate surface area is 153 Å². The third-order valence-corrected chi connectivity index (χ3v) is 6.89. The van der Waals surface area contributed by atoms with E-state index >= 15 is 0 Å². The number of rotatable bonds is 9. The van der Waals surface area contributed by atoms with Crippen LogP contribution in [-0.2, 0) is 19.4 Å². The molecule has 6 nitrogen and oxygen atoms in total. The molecule has 2 N–H and O–H groups in total. The van der Waals surface area contributed by atoms with Crippen LogP contribution in [0.15, 0.2) is 34.1 Å². The zero-order chi connectivity index (χ0) is 19.3. The Kier molecular flexibility index (Phi) is 7.49. The van der Waals surface area contributed by atoms with Crippen LogP contribution in [0.5, 0.6) is 0 Å². The lowest BCUT2D eigenvalue weighted by atomic mass is 9.94. The van der Waals surface area contributed by atoms with E-state index in [9.17, 15) is 18.0 Å². The number of nitrogens with one attached hydrogen (secondary N) is 1. The van der Waals surface area contributed by atoms with E-state index in [-0.39, 0.29) is 23.1 Å². The molecule has 1 rings (SSSR count). The Morgan fingerprint density at radius 3 is 2.44 bits per heavy atom. The van der Waals surface area contributed by atoms with Crippen molar-refractivity contribution in [1.29, 1.82) is 0 Å².